The molecular weight excluding hydrogens is 464 g/mol. The molecule has 2 aromatic carbocycles. The Bertz CT molecular complexity index is 1150. The molecule has 10 heteroatoms. The number of sulfonamides is 1. The van der Waals surface area contributed by atoms with Gasteiger partial charge in [0.2, 0.25) is 10.0 Å². The van der Waals surface area contributed by atoms with E-state index in [0.717, 1.165) is 11.1 Å². The Morgan fingerprint density at radius 3 is 2.24 bits per heavy atom. The minimum Gasteiger partial charge on any atom is -0.497 e. The van der Waals surface area contributed by atoms with Crippen molar-refractivity contribution in [1.29, 1.82) is 0 Å². The van der Waals surface area contributed by atoms with Crippen molar-refractivity contribution in [2.75, 3.05) is 12.9 Å². The van der Waals surface area contributed by atoms with E-state index in [1.807, 2.05) is 12.1 Å². The Morgan fingerprint density at radius 2 is 1.70 bits per heavy atom. The molecule has 0 spiro atoms. The lowest BCUT2D eigenvalue weighted by molar-refractivity contribution is -0.139. The average molecular weight is 489 g/mol. The van der Waals surface area contributed by atoms with Crippen LogP contribution in [0, 0.1) is 0 Å². The summed E-state index contributed by atoms with van der Waals surface area (Å²) in [6, 6.07) is 17.3. The first-order valence-corrected chi connectivity index (χ1v) is 12.5. The van der Waals surface area contributed by atoms with E-state index in [4.69, 9.17) is 4.74 Å². The van der Waals surface area contributed by atoms with E-state index in [2.05, 4.69) is 9.71 Å². The van der Waals surface area contributed by atoms with Gasteiger partial charge in [0.15, 0.2) is 0 Å². The molecule has 3 rings (SSSR count). The van der Waals surface area contributed by atoms with Gasteiger partial charge in [-0.1, -0.05) is 30.3 Å². The molecular formula is C23H24N2O6S2. The van der Waals surface area contributed by atoms with Gasteiger partial charge in [0, 0.05) is 18.4 Å². The molecule has 0 aliphatic rings. The predicted molar refractivity (Wildman–Crippen MR) is 126 cm³/mol. The molecule has 1 heterocycles. The quantitative estimate of drug-likeness (QED) is 0.352. The van der Waals surface area contributed by atoms with Crippen molar-refractivity contribution < 1.29 is 28.2 Å². The van der Waals surface area contributed by atoms with Crippen molar-refractivity contribution in [3.63, 3.8) is 0 Å². The van der Waals surface area contributed by atoms with Crippen LogP contribution in [0.2, 0.25) is 0 Å². The van der Waals surface area contributed by atoms with Gasteiger partial charge in [-0.15, -0.1) is 11.8 Å². The summed E-state index contributed by atoms with van der Waals surface area (Å²) in [6.07, 6.45) is 0.291. The number of hydrogen-bond acceptors (Lipinski definition) is 7. The highest BCUT2D eigenvalue weighted by molar-refractivity contribution is 7.99. The lowest BCUT2D eigenvalue weighted by atomic mass is 10.1. The number of aliphatic hydroxyl groups is 1. The minimum atomic E-state index is -4.11. The fraction of sp³-hybridized carbons (Fsp3) is 0.217. The van der Waals surface area contributed by atoms with Gasteiger partial charge in [-0.3, -0.25) is 4.79 Å². The molecule has 0 aliphatic carbocycles. The van der Waals surface area contributed by atoms with Crippen LogP contribution < -0.4 is 9.46 Å². The van der Waals surface area contributed by atoms with Gasteiger partial charge in [0.1, 0.15) is 11.8 Å². The number of ether oxygens (including phenoxy) is 1. The molecule has 33 heavy (non-hydrogen) atoms. The first kappa shape index (κ1) is 24.7. The first-order chi connectivity index (χ1) is 15.8. The Labute approximate surface area is 196 Å². The van der Waals surface area contributed by atoms with Crippen molar-refractivity contribution in [3.05, 3.63) is 72.9 Å². The van der Waals surface area contributed by atoms with E-state index in [-0.39, 0.29) is 17.1 Å². The van der Waals surface area contributed by atoms with Gasteiger partial charge < -0.3 is 14.9 Å². The number of carbonyl (C=O) groups is 1. The summed E-state index contributed by atoms with van der Waals surface area (Å²) in [5.41, 5.74) is 1.68. The zero-order chi connectivity index (χ0) is 23.8. The van der Waals surface area contributed by atoms with E-state index in [0.29, 0.717) is 10.8 Å². The highest BCUT2D eigenvalue weighted by Crippen LogP contribution is 2.24. The topological polar surface area (TPSA) is 126 Å². The fourth-order valence-corrected chi connectivity index (χ4v) is 5.03. The summed E-state index contributed by atoms with van der Waals surface area (Å²) in [7, 11) is -2.53. The summed E-state index contributed by atoms with van der Waals surface area (Å²) >= 11 is 1.26. The number of aliphatic carboxylic acids is 1. The number of rotatable bonds is 11. The van der Waals surface area contributed by atoms with Crippen LogP contribution in [-0.4, -0.2) is 54.6 Å². The molecule has 8 nitrogen and oxygen atoms in total. The Morgan fingerprint density at radius 1 is 1.06 bits per heavy atom. The SMILES string of the molecule is COc1ccc(-c2ccc(S(=O)(=O)NC(CC(O)CSc3ccccn3)C(=O)O)cc2)cc1. The number of thioether (sulfide) groups is 1. The molecule has 0 saturated heterocycles. The standard InChI is InChI=1S/C23H24N2O6S2/c1-31-19-9-5-16(6-10-19)17-7-11-20(12-8-17)33(29,30)25-21(23(27)28)14-18(26)15-32-22-4-2-3-13-24-22/h2-13,18,21,25-26H,14-15H2,1H3,(H,27,28). The molecule has 0 saturated carbocycles. The largest absolute Gasteiger partial charge is 0.497 e. The normalized spacial score (nSPS) is 13.3. The summed E-state index contributed by atoms with van der Waals surface area (Å²) in [4.78, 5) is 15.7. The number of carboxylic acids is 1. The Hall–Kier alpha value is -2.92. The summed E-state index contributed by atoms with van der Waals surface area (Å²) < 4.78 is 32.8. The lowest BCUT2D eigenvalue weighted by Crippen LogP contribution is -2.43. The maximum Gasteiger partial charge on any atom is 0.321 e. The number of pyridine rings is 1. The van der Waals surface area contributed by atoms with Gasteiger partial charge in [-0.05, 0) is 47.5 Å². The van der Waals surface area contributed by atoms with Crippen LogP contribution in [-0.2, 0) is 14.8 Å². The molecule has 0 fully saturated rings. The van der Waals surface area contributed by atoms with Crippen LogP contribution in [0.5, 0.6) is 5.75 Å². The molecule has 2 unspecified atom stereocenters. The summed E-state index contributed by atoms with van der Waals surface area (Å²) in [5.74, 6) is -0.475. The molecule has 0 aliphatic heterocycles. The second kappa shape index (κ2) is 11.3. The van der Waals surface area contributed by atoms with Crippen LogP contribution in [0.4, 0.5) is 0 Å². The average Bonchev–Trinajstić information content (AvgIpc) is 2.83. The highest BCUT2D eigenvalue weighted by Gasteiger charge is 2.28. The molecule has 1 aromatic heterocycles. The van der Waals surface area contributed by atoms with Crippen molar-refractivity contribution in [2.24, 2.45) is 0 Å². The summed E-state index contributed by atoms with van der Waals surface area (Å²) in [5, 5.41) is 20.4. The van der Waals surface area contributed by atoms with E-state index >= 15 is 0 Å². The van der Waals surface area contributed by atoms with Crippen molar-refractivity contribution >= 4 is 27.8 Å². The van der Waals surface area contributed by atoms with Crippen LogP contribution in [0.1, 0.15) is 6.42 Å². The Balaban J connectivity index is 1.65. The van der Waals surface area contributed by atoms with Crippen molar-refractivity contribution in [2.45, 2.75) is 28.5 Å². The third kappa shape index (κ3) is 7.03. The third-order valence-corrected chi connectivity index (χ3v) is 7.33. The number of hydrogen-bond donors (Lipinski definition) is 3. The molecule has 174 valence electrons. The van der Waals surface area contributed by atoms with Gasteiger partial charge in [0.05, 0.1) is 23.1 Å². The lowest BCUT2D eigenvalue weighted by Gasteiger charge is -2.18. The van der Waals surface area contributed by atoms with Gasteiger partial charge in [-0.25, -0.2) is 13.4 Å². The molecule has 2 atom stereocenters. The summed E-state index contributed by atoms with van der Waals surface area (Å²) in [6.45, 7) is 0. The fourth-order valence-electron chi connectivity index (χ4n) is 3.02. The Kier molecular flexibility index (Phi) is 8.45. The van der Waals surface area contributed by atoms with Gasteiger partial charge in [-0.2, -0.15) is 4.72 Å². The number of aliphatic hydroxyl groups excluding tert-OH is 1. The monoisotopic (exact) mass is 488 g/mol. The van der Waals surface area contributed by atoms with Crippen LogP contribution in [0.25, 0.3) is 11.1 Å². The second-order valence-electron chi connectivity index (χ2n) is 7.13. The highest BCUT2D eigenvalue weighted by atomic mass is 32.2. The number of nitrogens with one attached hydrogen (secondary N) is 1. The smallest absolute Gasteiger partial charge is 0.321 e. The molecule has 0 bridgehead atoms. The van der Waals surface area contributed by atoms with Crippen molar-refractivity contribution in [1.82, 2.24) is 9.71 Å². The van der Waals surface area contributed by atoms with Crippen LogP contribution in [0.3, 0.4) is 0 Å². The second-order valence-corrected chi connectivity index (χ2v) is 9.89. The molecule has 0 radical (unpaired) electrons. The zero-order valence-corrected chi connectivity index (χ0v) is 19.4. The van der Waals surface area contributed by atoms with Gasteiger partial charge >= 0.3 is 5.97 Å². The van der Waals surface area contributed by atoms with E-state index in [1.165, 1.54) is 23.9 Å². The maximum atomic E-state index is 12.8. The zero-order valence-electron chi connectivity index (χ0n) is 17.8. The number of methoxy groups -OCH3 is 1. The van der Waals surface area contributed by atoms with Gasteiger partial charge in [0.25, 0.3) is 0 Å². The third-order valence-electron chi connectivity index (χ3n) is 4.75. The van der Waals surface area contributed by atoms with Crippen LogP contribution in [0.15, 0.2) is 82.8 Å². The molecule has 3 aromatic rings. The number of benzene rings is 2. The maximum absolute atomic E-state index is 12.8. The number of aromatic nitrogens is 1. The number of carboxylic acid groups (broad SMARTS) is 1. The first-order valence-electron chi connectivity index (χ1n) is 10.00. The van der Waals surface area contributed by atoms with E-state index in [1.54, 1.807) is 55.8 Å². The van der Waals surface area contributed by atoms with Crippen molar-refractivity contribution in [3.8, 4) is 16.9 Å². The minimum absolute atomic E-state index is 0.0663. The van der Waals surface area contributed by atoms with E-state index in [9.17, 15) is 23.4 Å². The number of nitrogens with zero attached hydrogens (tertiary/aromatic N) is 1. The molecule has 3 N–H and O–H groups in total. The van der Waals surface area contributed by atoms with E-state index < -0.39 is 28.1 Å². The predicted octanol–water partition coefficient (Wildman–Crippen LogP) is 3.03. The van der Waals surface area contributed by atoms with Crippen LogP contribution >= 0.6 is 11.8 Å². The molecule has 0 amide bonds.